The van der Waals surface area contributed by atoms with Crippen LogP contribution in [0.4, 0.5) is 0 Å². The third-order valence-electron chi connectivity index (χ3n) is 4.25. The van der Waals surface area contributed by atoms with Crippen molar-refractivity contribution in [1.29, 1.82) is 0 Å². The first-order valence-electron chi connectivity index (χ1n) is 8.85. The molecule has 0 saturated carbocycles. The zero-order valence-electron chi connectivity index (χ0n) is 15.9. The zero-order valence-corrected chi connectivity index (χ0v) is 15.9. The highest BCUT2D eigenvalue weighted by Gasteiger charge is 2.35. The maximum atomic E-state index is 6.47. The third-order valence-corrected chi connectivity index (χ3v) is 4.25. The average molecular weight is 325 g/mol. The normalized spacial score (nSPS) is 14.8. The smallest absolute Gasteiger partial charge is 0.101 e. The number of nitrogens with zero attached hydrogens (tertiary/aromatic N) is 1. The van der Waals surface area contributed by atoms with E-state index in [4.69, 9.17) is 4.84 Å². The van der Waals surface area contributed by atoms with Gasteiger partial charge in [-0.05, 0) is 37.3 Å². The lowest BCUT2D eigenvalue weighted by molar-refractivity contribution is -0.256. The van der Waals surface area contributed by atoms with Gasteiger partial charge in [0, 0.05) is 6.04 Å². The van der Waals surface area contributed by atoms with E-state index in [0.717, 1.165) is 0 Å². The lowest BCUT2D eigenvalue weighted by Crippen LogP contribution is -2.41. The highest BCUT2D eigenvalue weighted by Crippen LogP contribution is 2.40. The van der Waals surface area contributed by atoms with E-state index in [0.29, 0.717) is 0 Å². The van der Waals surface area contributed by atoms with Crippen molar-refractivity contribution in [3.63, 3.8) is 0 Å². The maximum Gasteiger partial charge on any atom is 0.101 e. The number of hydroxylamine groups is 2. The van der Waals surface area contributed by atoms with Crippen molar-refractivity contribution in [2.45, 2.75) is 59.7 Å². The number of hydrogen-bond donors (Lipinski definition) is 0. The highest BCUT2D eigenvalue weighted by atomic mass is 16.7. The predicted octanol–water partition coefficient (Wildman–Crippen LogP) is 6.18. The minimum absolute atomic E-state index is 0.0159. The lowest BCUT2D eigenvalue weighted by Gasteiger charge is -2.43. The van der Waals surface area contributed by atoms with Gasteiger partial charge in [-0.3, -0.25) is 4.84 Å². The van der Waals surface area contributed by atoms with Crippen molar-refractivity contribution in [2.75, 3.05) is 0 Å². The van der Waals surface area contributed by atoms with E-state index in [1.165, 1.54) is 11.1 Å². The second-order valence-corrected chi connectivity index (χ2v) is 7.79. The molecule has 0 aliphatic carbocycles. The number of rotatable bonds is 6. The van der Waals surface area contributed by atoms with Crippen molar-refractivity contribution >= 4 is 0 Å². The van der Waals surface area contributed by atoms with Gasteiger partial charge in [0.25, 0.3) is 0 Å². The van der Waals surface area contributed by atoms with E-state index in [9.17, 15) is 0 Å². The number of hydrogen-bond acceptors (Lipinski definition) is 2. The van der Waals surface area contributed by atoms with Crippen LogP contribution in [0.3, 0.4) is 0 Å². The first kappa shape index (κ1) is 18.7. The largest absolute Gasteiger partial charge is 0.290 e. The van der Waals surface area contributed by atoms with Gasteiger partial charge in [-0.25, -0.2) is 0 Å². The van der Waals surface area contributed by atoms with Gasteiger partial charge in [0.1, 0.15) is 6.10 Å². The van der Waals surface area contributed by atoms with Gasteiger partial charge in [0.05, 0.1) is 6.04 Å². The summed E-state index contributed by atoms with van der Waals surface area (Å²) in [7, 11) is 0. The summed E-state index contributed by atoms with van der Waals surface area (Å²) >= 11 is 0. The van der Waals surface area contributed by atoms with Crippen LogP contribution < -0.4 is 0 Å². The molecule has 130 valence electrons. The fourth-order valence-corrected chi connectivity index (χ4v) is 3.11. The Labute approximate surface area is 147 Å². The van der Waals surface area contributed by atoms with Gasteiger partial charge in [-0.2, -0.15) is 5.06 Å². The molecule has 0 aliphatic rings. The van der Waals surface area contributed by atoms with E-state index in [-0.39, 0.29) is 23.6 Å². The molecule has 0 fully saturated rings. The molecular weight excluding hydrogens is 294 g/mol. The van der Waals surface area contributed by atoms with Crippen molar-refractivity contribution in [1.82, 2.24) is 5.06 Å². The molecule has 0 N–H and O–H groups in total. The molecular formula is C22H31NO. The van der Waals surface area contributed by atoms with Crippen LogP contribution in [0.15, 0.2) is 60.7 Å². The van der Waals surface area contributed by atoms with Gasteiger partial charge >= 0.3 is 0 Å². The highest BCUT2D eigenvalue weighted by molar-refractivity contribution is 5.21. The molecule has 0 bridgehead atoms. The maximum absolute atomic E-state index is 6.47. The Morgan fingerprint density at radius 2 is 1.21 bits per heavy atom. The molecule has 2 nitrogen and oxygen atoms in total. The van der Waals surface area contributed by atoms with Crippen LogP contribution in [0.2, 0.25) is 0 Å². The molecule has 0 saturated heterocycles. The van der Waals surface area contributed by atoms with Crippen molar-refractivity contribution < 1.29 is 4.84 Å². The molecule has 2 unspecified atom stereocenters. The fourth-order valence-electron chi connectivity index (χ4n) is 3.11. The topological polar surface area (TPSA) is 12.5 Å². The second kappa shape index (κ2) is 7.96. The molecule has 0 amide bonds. The SMILES string of the molecule is CC(ON(C(C)C)C(c1ccccc1)C(C)(C)C)c1ccccc1. The van der Waals surface area contributed by atoms with E-state index in [1.54, 1.807) is 0 Å². The standard InChI is InChI=1S/C22H31NO/c1-17(2)23(24-18(3)19-13-9-7-10-14-19)21(22(4,5)6)20-15-11-8-12-16-20/h7-18,21H,1-6H3. The third kappa shape index (κ3) is 4.68. The first-order valence-corrected chi connectivity index (χ1v) is 8.85. The van der Waals surface area contributed by atoms with Gasteiger partial charge < -0.3 is 0 Å². The van der Waals surface area contributed by atoms with Gasteiger partial charge in [-0.1, -0.05) is 81.4 Å². The predicted molar refractivity (Wildman–Crippen MR) is 102 cm³/mol. The summed E-state index contributed by atoms with van der Waals surface area (Å²) in [6, 6.07) is 21.5. The molecule has 0 aliphatic heterocycles. The van der Waals surface area contributed by atoms with E-state index < -0.39 is 0 Å². The molecule has 2 aromatic rings. The Hall–Kier alpha value is -1.64. The second-order valence-electron chi connectivity index (χ2n) is 7.79. The fraction of sp³-hybridized carbons (Fsp3) is 0.455. The van der Waals surface area contributed by atoms with Gasteiger partial charge in [-0.15, -0.1) is 0 Å². The molecule has 2 rings (SSSR count). The Kier molecular flexibility index (Phi) is 6.20. The summed E-state index contributed by atoms with van der Waals surface area (Å²) in [4.78, 5) is 6.47. The first-order chi connectivity index (χ1) is 11.3. The number of benzene rings is 2. The quantitative estimate of drug-likeness (QED) is 0.588. The summed E-state index contributed by atoms with van der Waals surface area (Å²) in [5.41, 5.74) is 2.55. The van der Waals surface area contributed by atoms with Crippen molar-refractivity contribution in [3.05, 3.63) is 71.8 Å². The summed E-state index contributed by atoms with van der Waals surface area (Å²) in [5, 5.41) is 2.17. The molecule has 0 spiro atoms. The Bertz CT molecular complexity index is 601. The van der Waals surface area contributed by atoms with Crippen LogP contribution in [0, 0.1) is 5.41 Å². The summed E-state index contributed by atoms with van der Waals surface area (Å²) in [6.07, 6.45) is 0.0159. The van der Waals surface area contributed by atoms with Gasteiger partial charge in [0.2, 0.25) is 0 Å². The average Bonchev–Trinajstić information content (AvgIpc) is 2.54. The molecule has 24 heavy (non-hydrogen) atoms. The molecule has 0 heterocycles. The van der Waals surface area contributed by atoms with Crippen LogP contribution in [-0.2, 0) is 4.84 Å². The van der Waals surface area contributed by atoms with E-state index in [1.807, 2.05) is 6.07 Å². The minimum atomic E-state index is 0.0159. The molecule has 2 atom stereocenters. The van der Waals surface area contributed by atoms with Crippen LogP contribution in [-0.4, -0.2) is 11.1 Å². The minimum Gasteiger partial charge on any atom is -0.290 e. The monoisotopic (exact) mass is 325 g/mol. The van der Waals surface area contributed by atoms with Crippen LogP contribution in [0.5, 0.6) is 0 Å². The zero-order chi connectivity index (χ0) is 17.7. The van der Waals surface area contributed by atoms with Crippen LogP contribution in [0.25, 0.3) is 0 Å². The lowest BCUT2D eigenvalue weighted by atomic mass is 9.81. The van der Waals surface area contributed by atoms with Crippen molar-refractivity contribution in [2.24, 2.45) is 5.41 Å². The Balaban J connectivity index is 2.32. The van der Waals surface area contributed by atoms with Crippen molar-refractivity contribution in [3.8, 4) is 0 Å². The molecule has 0 aromatic heterocycles. The molecule has 2 heteroatoms. The summed E-state index contributed by atoms with van der Waals surface area (Å²) < 4.78 is 0. The Morgan fingerprint density at radius 1 is 0.750 bits per heavy atom. The Morgan fingerprint density at radius 3 is 1.62 bits per heavy atom. The van der Waals surface area contributed by atoms with Gasteiger partial charge in [0.15, 0.2) is 0 Å². The van der Waals surface area contributed by atoms with Crippen LogP contribution >= 0.6 is 0 Å². The summed E-state index contributed by atoms with van der Waals surface area (Å²) in [6.45, 7) is 13.3. The molecule has 0 radical (unpaired) electrons. The van der Waals surface area contributed by atoms with E-state index in [2.05, 4.69) is 101 Å². The summed E-state index contributed by atoms with van der Waals surface area (Å²) in [5.74, 6) is 0. The van der Waals surface area contributed by atoms with Crippen LogP contribution in [0.1, 0.15) is 64.8 Å². The molecule has 2 aromatic carbocycles. The van der Waals surface area contributed by atoms with E-state index >= 15 is 0 Å².